The van der Waals surface area contributed by atoms with Crippen LogP contribution in [-0.4, -0.2) is 47.1 Å². The number of benzene rings is 2. The number of hydrogen-bond donors (Lipinski definition) is 2. The molecule has 1 saturated carbocycles. The van der Waals surface area contributed by atoms with Crippen LogP contribution in [0.2, 0.25) is 5.02 Å². The standard InChI is InChI=1S/C28H32ClN6O4P/c1-40(2,39)25-6-4-3-5-22(25)32-26-21(29)18-30-27(33-26)31-19-7-8-23(24(17-19)35(37)38)34-15-13-28(14-16-34)11-9-20(36)10-12-28/h3-8,17-18H,9-16H2,1-2H3,(H2,30,31,32,33). The molecular weight excluding hydrogens is 551 g/mol. The van der Waals surface area contributed by atoms with Crippen LogP contribution in [0.25, 0.3) is 0 Å². The van der Waals surface area contributed by atoms with E-state index in [-0.39, 0.29) is 27.0 Å². The fraction of sp³-hybridized carbons (Fsp3) is 0.393. The monoisotopic (exact) mass is 582 g/mol. The van der Waals surface area contributed by atoms with E-state index in [1.54, 1.807) is 37.6 Å². The van der Waals surface area contributed by atoms with E-state index in [4.69, 9.17) is 11.6 Å². The highest BCUT2D eigenvalue weighted by atomic mass is 35.5. The summed E-state index contributed by atoms with van der Waals surface area (Å²) >= 11 is 6.35. The topological polar surface area (TPSA) is 130 Å². The first-order chi connectivity index (χ1) is 19.0. The summed E-state index contributed by atoms with van der Waals surface area (Å²) in [6, 6.07) is 12.3. The second kappa shape index (κ2) is 11.2. The average molecular weight is 583 g/mol. The first-order valence-corrected chi connectivity index (χ1v) is 16.3. The predicted molar refractivity (Wildman–Crippen MR) is 160 cm³/mol. The summed E-state index contributed by atoms with van der Waals surface area (Å²) in [7, 11) is -2.56. The lowest BCUT2D eigenvalue weighted by Gasteiger charge is -2.44. The molecule has 2 N–H and O–H groups in total. The minimum Gasteiger partial charge on any atom is -0.366 e. The summed E-state index contributed by atoms with van der Waals surface area (Å²) < 4.78 is 12.8. The number of hydrogen-bond acceptors (Lipinski definition) is 9. The molecule has 10 nitrogen and oxygen atoms in total. The largest absolute Gasteiger partial charge is 0.366 e. The Labute approximate surface area is 238 Å². The summed E-state index contributed by atoms with van der Waals surface area (Å²) in [5.74, 6) is 0.865. The first-order valence-electron chi connectivity index (χ1n) is 13.3. The van der Waals surface area contributed by atoms with E-state index in [2.05, 4.69) is 25.5 Å². The van der Waals surface area contributed by atoms with E-state index in [0.29, 0.717) is 46.8 Å². The second-order valence-corrected chi connectivity index (χ2v) is 14.6. The molecule has 210 valence electrons. The number of halogens is 1. The Hall–Kier alpha value is -3.49. The highest BCUT2D eigenvalue weighted by Crippen LogP contribution is 2.45. The van der Waals surface area contributed by atoms with Gasteiger partial charge in [-0.05, 0) is 68.7 Å². The van der Waals surface area contributed by atoms with Crippen molar-refractivity contribution in [2.45, 2.75) is 38.5 Å². The Kier molecular flexibility index (Phi) is 7.84. The minimum absolute atomic E-state index is 0.00246. The molecule has 0 unspecified atom stereocenters. The molecule has 2 aromatic carbocycles. The van der Waals surface area contributed by atoms with Crippen molar-refractivity contribution in [1.82, 2.24) is 9.97 Å². The molecule has 0 atom stereocenters. The van der Waals surface area contributed by atoms with Gasteiger partial charge in [-0.25, -0.2) is 4.98 Å². The van der Waals surface area contributed by atoms with Gasteiger partial charge in [-0.2, -0.15) is 4.98 Å². The molecular formula is C28H32ClN6O4P. The van der Waals surface area contributed by atoms with Gasteiger partial charge in [-0.3, -0.25) is 14.9 Å². The highest BCUT2D eigenvalue weighted by molar-refractivity contribution is 7.70. The normalized spacial score (nSPS) is 17.1. The summed E-state index contributed by atoms with van der Waals surface area (Å²) in [5.41, 5.74) is 1.87. The molecule has 1 aliphatic carbocycles. The van der Waals surface area contributed by atoms with E-state index in [0.717, 1.165) is 38.8 Å². The molecule has 1 spiro atoms. The van der Waals surface area contributed by atoms with Gasteiger partial charge < -0.3 is 20.1 Å². The quantitative estimate of drug-likeness (QED) is 0.182. The smallest absolute Gasteiger partial charge is 0.294 e. The summed E-state index contributed by atoms with van der Waals surface area (Å²) in [6.07, 6.45) is 6.43. The second-order valence-electron chi connectivity index (χ2n) is 11.0. The van der Waals surface area contributed by atoms with Crippen molar-refractivity contribution >= 4 is 64.3 Å². The molecule has 0 radical (unpaired) electrons. The van der Waals surface area contributed by atoms with Gasteiger partial charge in [-0.1, -0.05) is 23.7 Å². The zero-order chi connectivity index (χ0) is 28.5. The number of carbonyl (C=O) groups excluding carboxylic acids is 1. The van der Waals surface area contributed by atoms with Gasteiger partial charge in [-0.15, -0.1) is 0 Å². The van der Waals surface area contributed by atoms with Gasteiger partial charge in [0.25, 0.3) is 5.69 Å². The van der Waals surface area contributed by atoms with Crippen molar-refractivity contribution in [3.63, 3.8) is 0 Å². The number of nitrogens with one attached hydrogen (secondary N) is 2. The van der Waals surface area contributed by atoms with Crippen LogP contribution in [0.1, 0.15) is 38.5 Å². The molecule has 1 aromatic heterocycles. The number of aromatic nitrogens is 2. The van der Waals surface area contributed by atoms with E-state index >= 15 is 0 Å². The number of carbonyl (C=O) groups is 1. The Morgan fingerprint density at radius 2 is 1.75 bits per heavy atom. The number of para-hydroxylation sites is 1. The van der Waals surface area contributed by atoms with Crippen LogP contribution in [0.3, 0.4) is 0 Å². The fourth-order valence-electron chi connectivity index (χ4n) is 5.62. The molecule has 2 fully saturated rings. The van der Waals surface area contributed by atoms with E-state index in [1.807, 2.05) is 12.1 Å². The highest BCUT2D eigenvalue weighted by Gasteiger charge is 2.38. The summed E-state index contributed by atoms with van der Waals surface area (Å²) in [5, 5.41) is 19.2. The number of Topliss-reactive ketones (excluding diaryl/α,β-unsaturated/α-hetero) is 1. The maximum Gasteiger partial charge on any atom is 0.294 e. The van der Waals surface area contributed by atoms with Crippen molar-refractivity contribution in [2.75, 3.05) is 42.0 Å². The third-order valence-electron chi connectivity index (χ3n) is 7.94. The molecule has 12 heteroatoms. The van der Waals surface area contributed by atoms with Crippen LogP contribution >= 0.6 is 18.7 Å². The minimum atomic E-state index is -2.56. The van der Waals surface area contributed by atoms with Crippen LogP contribution in [0.5, 0.6) is 0 Å². The summed E-state index contributed by atoms with van der Waals surface area (Å²) in [4.78, 5) is 34.2. The van der Waals surface area contributed by atoms with Gasteiger partial charge in [0, 0.05) is 43.0 Å². The zero-order valence-electron chi connectivity index (χ0n) is 22.5. The van der Waals surface area contributed by atoms with Crippen LogP contribution in [0.4, 0.5) is 34.5 Å². The third-order valence-corrected chi connectivity index (χ3v) is 9.77. The molecule has 3 aromatic rings. The molecule has 0 bridgehead atoms. The lowest BCUT2D eigenvalue weighted by atomic mass is 9.68. The lowest BCUT2D eigenvalue weighted by Crippen LogP contribution is -2.42. The molecule has 1 saturated heterocycles. The van der Waals surface area contributed by atoms with Crippen molar-refractivity contribution in [3.8, 4) is 0 Å². The molecule has 2 aliphatic rings. The van der Waals surface area contributed by atoms with Crippen LogP contribution < -0.4 is 20.8 Å². The Morgan fingerprint density at radius 1 is 1.05 bits per heavy atom. The number of nitrogens with zero attached hydrogens (tertiary/aromatic N) is 4. The number of anilines is 5. The maximum atomic E-state index is 12.8. The molecule has 40 heavy (non-hydrogen) atoms. The van der Waals surface area contributed by atoms with Gasteiger partial charge in [0.05, 0.1) is 16.8 Å². The molecule has 5 rings (SSSR count). The predicted octanol–water partition coefficient (Wildman–Crippen LogP) is 6.50. The third kappa shape index (κ3) is 6.13. The zero-order valence-corrected chi connectivity index (χ0v) is 24.2. The molecule has 0 amide bonds. The average Bonchev–Trinajstić information content (AvgIpc) is 2.92. The Morgan fingerprint density at radius 3 is 2.42 bits per heavy atom. The van der Waals surface area contributed by atoms with E-state index in [9.17, 15) is 19.5 Å². The van der Waals surface area contributed by atoms with Crippen molar-refractivity contribution in [3.05, 3.63) is 63.8 Å². The SMILES string of the molecule is CP(C)(=O)c1ccccc1Nc1nc(Nc2ccc(N3CCC4(CCC(=O)CC4)CC3)c([N+](=O)[O-])c2)ncc1Cl. The van der Waals surface area contributed by atoms with Crippen molar-refractivity contribution in [2.24, 2.45) is 5.41 Å². The molecule has 2 heterocycles. The first kappa shape index (κ1) is 28.1. The number of nitro groups is 1. The molecule has 1 aliphatic heterocycles. The number of nitro benzene ring substituents is 1. The number of rotatable bonds is 7. The fourth-order valence-corrected chi connectivity index (χ4v) is 6.91. The van der Waals surface area contributed by atoms with Gasteiger partial charge in [0.1, 0.15) is 23.6 Å². The number of ketones is 1. The van der Waals surface area contributed by atoms with Gasteiger partial charge in [0.15, 0.2) is 5.82 Å². The van der Waals surface area contributed by atoms with Gasteiger partial charge >= 0.3 is 0 Å². The van der Waals surface area contributed by atoms with Crippen LogP contribution in [0, 0.1) is 15.5 Å². The van der Waals surface area contributed by atoms with Crippen LogP contribution in [-0.2, 0) is 9.36 Å². The Balaban J connectivity index is 1.33. The lowest BCUT2D eigenvalue weighted by molar-refractivity contribution is -0.384. The van der Waals surface area contributed by atoms with Crippen molar-refractivity contribution in [1.29, 1.82) is 0 Å². The Bertz CT molecular complexity index is 1490. The van der Waals surface area contributed by atoms with E-state index in [1.165, 1.54) is 12.3 Å². The summed E-state index contributed by atoms with van der Waals surface area (Å²) in [6.45, 7) is 4.83. The van der Waals surface area contributed by atoms with E-state index < -0.39 is 7.14 Å². The maximum absolute atomic E-state index is 12.8. The van der Waals surface area contributed by atoms with Crippen molar-refractivity contribution < 1.29 is 14.3 Å². The van der Waals surface area contributed by atoms with Crippen LogP contribution in [0.15, 0.2) is 48.7 Å². The van der Waals surface area contributed by atoms with Gasteiger partial charge in [0.2, 0.25) is 5.95 Å². The number of piperidine rings is 1.